The van der Waals surface area contributed by atoms with Crippen molar-refractivity contribution in [1.82, 2.24) is 36.7 Å². The summed E-state index contributed by atoms with van der Waals surface area (Å²) in [6, 6.07) is 38.0. The Morgan fingerprint density at radius 2 is 0.667 bits per heavy atom. The van der Waals surface area contributed by atoms with Gasteiger partial charge in [-0.05, 0) is 74.6 Å². The number of aryl methyl sites for hydroxylation is 1. The Hall–Kier alpha value is -14.5. The standard InChI is InChI=1S/C19H24N4O5.C19H22N4O4.C17H22N4O4.C17H22N4O3.C17H19N3O3.C2H6.3CH4/c1-11(12(2)24)10-21-18(26)9-16-8-17(22-28-16)14-4-6-15(7-5-14)19(20)23-27-13(3)25;1-11(12(2)24)10-20-18(25)9-16-8-17(22-27-16)14-4-6-15(7-5-14)19-21-13(3)26-23-19;1-10(11(2)22)9-19-16(23)8-14-7-15(21-25-14)12-3-5-13(6-4-12)17(18)20-24;1-10(11(2)22)9-20-16(23)8-14-7-15(21-24-14)12-3-5-13(6-4-12)17(18)19;1-11(12(2)21)10-19-17(22)8-15-7-16(20-23-15)14-5-3-13(9-18)4-6-14;1-2;;;/h4-7,11,16H,8-10H2,1-3H3,(H2,20,23)(H,21,26);4-7,11,16H,8-10H2,1-3H3,(H,20,25);3-6,10,14,24H,7-9H2,1-2H3,(H2,18,20)(H,19,23);3-6,10,14H,7-9H2,1-2H3,(H3,18,19)(H,20,23);3-6,11,15H,7-8,10H2,1-2H3,(H,19,22);1-2H3;3*1H4. The topological polar surface area (TPSA) is 575 Å². The fraction of sp³-hybridized carbons (Fsp3) is 0.447. The highest BCUT2D eigenvalue weighted by Crippen LogP contribution is 2.27. The molecule has 1 aromatic heterocycles. The van der Waals surface area contributed by atoms with Crippen LogP contribution in [0.25, 0.3) is 11.4 Å². The number of hydrogen-bond donors (Lipinski definition) is 10. The molecule has 0 saturated carbocycles. The van der Waals surface area contributed by atoms with Gasteiger partial charge in [-0.3, -0.25) is 53.4 Å². The molecule has 5 aromatic carbocycles. The number of rotatable bonds is 35. The Bertz CT molecular complexity index is 5160. The van der Waals surface area contributed by atoms with Crippen LogP contribution in [0, 0.1) is 53.3 Å². The van der Waals surface area contributed by atoms with Gasteiger partial charge in [0.2, 0.25) is 41.3 Å². The number of carbonyl (C=O) groups excluding carboxylic acids is 11. The molecule has 0 radical (unpaired) electrons. The van der Waals surface area contributed by atoms with E-state index in [1.54, 1.807) is 114 Å². The highest BCUT2D eigenvalue weighted by molar-refractivity contribution is 6.06. The van der Waals surface area contributed by atoms with Crippen molar-refractivity contribution in [2.45, 2.75) is 214 Å². The van der Waals surface area contributed by atoms with E-state index in [0.29, 0.717) is 98.8 Å². The number of carbonyl (C=O) groups is 11. The minimum absolute atomic E-state index is 0. The number of hydrogen-bond acceptors (Lipinski definition) is 30. The molecule has 5 aliphatic rings. The third-order valence-corrected chi connectivity index (χ3v) is 20.5. The molecule has 0 saturated heterocycles. The number of oxime groups is 7. The van der Waals surface area contributed by atoms with Crippen LogP contribution in [0.1, 0.15) is 232 Å². The Morgan fingerprint density at radius 1 is 0.424 bits per heavy atom. The number of aromatic nitrogens is 2. The predicted molar refractivity (Wildman–Crippen MR) is 500 cm³/mol. The van der Waals surface area contributed by atoms with Gasteiger partial charge in [-0.1, -0.05) is 221 Å². The van der Waals surface area contributed by atoms with Gasteiger partial charge >= 0.3 is 5.97 Å². The molecular formula is C94H127N19O19. The minimum atomic E-state index is -0.553. The van der Waals surface area contributed by atoms with Crippen LogP contribution >= 0.6 is 0 Å². The average molecular weight is 1830 g/mol. The second-order valence-corrected chi connectivity index (χ2v) is 31.0. The molecule has 38 heteroatoms. The Balaban J connectivity index is 0.000000421. The summed E-state index contributed by atoms with van der Waals surface area (Å²) in [5.41, 5.74) is 28.1. The first kappa shape index (κ1) is 112. The van der Waals surface area contributed by atoms with Crippen molar-refractivity contribution in [3.63, 3.8) is 0 Å². The lowest BCUT2D eigenvalue weighted by molar-refractivity contribution is -0.141. The normalized spacial score (nSPS) is 16.9. The van der Waals surface area contributed by atoms with Crippen LogP contribution in [-0.2, 0) is 81.8 Å². The highest BCUT2D eigenvalue weighted by Gasteiger charge is 2.31. The van der Waals surface area contributed by atoms with Crippen molar-refractivity contribution in [3.8, 4) is 17.5 Å². The maximum absolute atomic E-state index is 12.0. The molecule has 0 spiro atoms. The SMILES string of the molecule is C.C.C.CC.CC(=O)C(C)CNC(=O)CC1CC(c2ccc(-c3noc(C)n3)cc2)=NO1.CC(=O)C(C)CNC(=O)CC1CC(c2ccc(/C(N)=N/O)cc2)=NO1.CC(=O)C(C)CNC(=O)CC1CC(c2ccc(C#N)cc2)=NO1.CC(=O)C(C)CNC(=O)CC1CC(c2ccc(C(=N)N)cc2)=NO1.CC(=O)O/N=C(\N)c1ccc(C2=NOC(CC(=O)NCC(C)C(C)=O)C2)cc1. The number of nitrogens with two attached hydrogens (primary N) is 3. The van der Waals surface area contributed by atoms with Crippen molar-refractivity contribution in [2.75, 3.05) is 32.7 Å². The van der Waals surface area contributed by atoms with Gasteiger partial charge in [0, 0.05) is 131 Å². The van der Waals surface area contributed by atoms with E-state index in [9.17, 15) is 52.7 Å². The van der Waals surface area contributed by atoms with Gasteiger partial charge in [0.05, 0.1) is 72.3 Å². The molecule has 712 valence electrons. The molecule has 0 bridgehead atoms. The zero-order valence-corrected chi connectivity index (χ0v) is 74.9. The molecule has 38 nitrogen and oxygen atoms in total. The molecular weight excluding hydrogens is 1700 g/mol. The lowest BCUT2D eigenvalue weighted by Crippen LogP contribution is -2.33. The monoisotopic (exact) mass is 1830 g/mol. The van der Waals surface area contributed by atoms with E-state index >= 15 is 0 Å². The number of amides is 5. The first-order chi connectivity index (χ1) is 61.4. The van der Waals surface area contributed by atoms with Gasteiger partial charge in [-0.2, -0.15) is 10.2 Å². The smallest absolute Gasteiger partial charge is 0.332 e. The molecule has 5 aliphatic heterocycles. The van der Waals surface area contributed by atoms with Crippen LogP contribution in [0.5, 0.6) is 0 Å². The van der Waals surface area contributed by atoms with E-state index in [1.165, 1.54) is 41.5 Å². The number of nitriles is 1. The second kappa shape index (κ2) is 56.7. The van der Waals surface area contributed by atoms with Gasteiger partial charge in [0.1, 0.15) is 65.3 Å². The van der Waals surface area contributed by atoms with E-state index in [-0.39, 0.29) is 190 Å². The minimum Gasteiger partial charge on any atom is -0.409 e. The van der Waals surface area contributed by atoms with Crippen molar-refractivity contribution in [2.24, 2.45) is 82.9 Å². The van der Waals surface area contributed by atoms with Gasteiger partial charge in [-0.15, -0.1) is 0 Å². The summed E-state index contributed by atoms with van der Waals surface area (Å²) in [4.78, 5) is 162. The second-order valence-electron chi connectivity index (χ2n) is 31.0. The summed E-state index contributed by atoms with van der Waals surface area (Å²) in [6.45, 7) is 25.0. The summed E-state index contributed by atoms with van der Waals surface area (Å²) in [7, 11) is 0. The van der Waals surface area contributed by atoms with E-state index in [4.69, 9.17) is 61.8 Å². The van der Waals surface area contributed by atoms with E-state index < -0.39 is 5.97 Å². The average Bonchev–Trinajstić information content (AvgIpc) is 1.63. The molecule has 10 atom stereocenters. The summed E-state index contributed by atoms with van der Waals surface area (Å²) in [5, 5.41) is 69.1. The fourth-order valence-electron chi connectivity index (χ4n) is 11.7. The fourth-order valence-corrected chi connectivity index (χ4v) is 11.7. The number of nitrogens with one attached hydrogen (secondary N) is 6. The number of benzene rings is 5. The molecule has 10 unspecified atom stereocenters. The predicted octanol–water partition coefficient (Wildman–Crippen LogP) is 10.3. The Kier molecular flexibility index (Phi) is 48.0. The highest BCUT2D eigenvalue weighted by atomic mass is 16.7. The molecule has 0 aliphatic carbocycles. The van der Waals surface area contributed by atoms with E-state index in [1.807, 2.05) is 62.4 Å². The van der Waals surface area contributed by atoms with Crippen molar-refractivity contribution < 1.29 is 91.5 Å². The summed E-state index contributed by atoms with van der Waals surface area (Å²) < 4.78 is 4.99. The van der Waals surface area contributed by atoms with E-state index in [0.717, 1.165) is 61.9 Å². The zero-order valence-electron chi connectivity index (χ0n) is 74.9. The van der Waals surface area contributed by atoms with Crippen LogP contribution in [-0.4, -0.2) is 189 Å². The van der Waals surface area contributed by atoms with Crippen LogP contribution in [0.4, 0.5) is 0 Å². The number of amidine groups is 3. The first-order valence-corrected chi connectivity index (χ1v) is 42.0. The molecule has 6 aromatic rings. The maximum atomic E-state index is 12.0. The summed E-state index contributed by atoms with van der Waals surface area (Å²) >= 11 is 0. The molecule has 5 amide bonds. The number of Topliss-reactive ketones (excluding diaryl/α,β-unsaturated/α-hetero) is 5. The van der Waals surface area contributed by atoms with Crippen LogP contribution in [0.3, 0.4) is 0 Å². The van der Waals surface area contributed by atoms with Gasteiger partial charge in [-0.25, -0.2) is 4.79 Å². The van der Waals surface area contributed by atoms with Crippen LogP contribution < -0.4 is 43.8 Å². The molecule has 11 rings (SSSR count). The van der Waals surface area contributed by atoms with Crippen molar-refractivity contribution in [1.29, 1.82) is 10.7 Å². The quantitative estimate of drug-likeness (QED) is 0.00581. The Morgan fingerprint density at radius 3 is 0.894 bits per heavy atom. The largest absolute Gasteiger partial charge is 0.409 e. The number of nitrogens with zero attached hydrogens (tertiary/aromatic N) is 10. The number of nitrogen functional groups attached to an aromatic ring is 1. The van der Waals surface area contributed by atoms with Gasteiger partial charge in [0.15, 0.2) is 11.7 Å². The van der Waals surface area contributed by atoms with Crippen molar-refractivity contribution in [3.05, 3.63) is 177 Å². The van der Waals surface area contributed by atoms with Crippen LogP contribution in [0.15, 0.2) is 162 Å². The maximum Gasteiger partial charge on any atom is 0.332 e. The molecule has 13 N–H and O–H groups in total. The lowest BCUT2D eigenvalue weighted by atomic mass is 10.0. The number of ketones is 5. The Labute approximate surface area is 770 Å². The molecule has 132 heavy (non-hydrogen) atoms. The van der Waals surface area contributed by atoms with E-state index in [2.05, 4.69) is 83.7 Å². The zero-order chi connectivity index (χ0) is 95.0. The third-order valence-electron chi connectivity index (χ3n) is 20.5. The third kappa shape index (κ3) is 38.0. The molecule has 0 fully saturated rings. The summed E-state index contributed by atoms with van der Waals surface area (Å²) in [5.74, 6) is -0.926. The van der Waals surface area contributed by atoms with Gasteiger partial charge in [0.25, 0.3) is 0 Å². The van der Waals surface area contributed by atoms with Gasteiger partial charge < -0.3 is 82.5 Å². The first-order valence-electron chi connectivity index (χ1n) is 42.0. The summed E-state index contributed by atoms with van der Waals surface area (Å²) in [6.07, 6.45) is 2.01. The van der Waals surface area contributed by atoms with Crippen LogP contribution in [0.2, 0.25) is 0 Å². The van der Waals surface area contributed by atoms with Crippen molar-refractivity contribution >= 4 is 110 Å². The lowest BCUT2D eigenvalue weighted by Gasteiger charge is -2.11. The molecule has 6 heterocycles.